The number of nitrogens with two attached hydrogens (primary N) is 1. The molecule has 3 nitrogen and oxygen atoms in total. The van der Waals surface area contributed by atoms with Crippen molar-refractivity contribution in [1.82, 2.24) is 0 Å². The standard InChI is InChI=1S/C12H11ClN2OS/c13-11-6-8(3-4-10(11)12(14)16)15-7-9-2-1-5-17-9/h1-6,15H,7H2,(H2,14,16). The fraction of sp³-hybridized carbons (Fsp3) is 0.0833. The van der Waals surface area contributed by atoms with Gasteiger partial charge in [0.05, 0.1) is 10.6 Å². The molecule has 0 radical (unpaired) electrons. The molecular weight excluding hydrogens is 256 g/mol. The zero-order valence-electron chi connectivity index (χ0n) is 8.94. The Kier molecular flexibility index (Phi) is 3.66. The SMILES string of the molecule is NC(=O)c1ccc(NCc2cccs2)cc1Cl. The van der Waals surface area contributed by atoms with E-state index >= 15 is 0 Å². The highest BCUT2D eigenvalue weighted by atomic mass is 35.5. The smallest absolute Gasteiger partial charge is 0.250 e. The van der Waals surface area contributed by atoms with Gasteiger partial charge in [0.2, 0.25) is 5.91 Å². The molecule has 0 fully saturated rings. The van der Waals surface area contributed by atoms with Crippen LogP contribution in [-0.2, 0) is 6.54 Å². The monoisotopic (exact) mass is 266 g/mol. The van der Waals surface area contributed by atoms with Crippen LogP contribution in [0.3, 0.4) is 0 Å². The van der Waals surface area contributed by atoms with Gasteiger partial charge < -0.3 is 11.1 Å². The number of halogens is 1. The first-order valence-corrected chi connectivity index (χ1v) is 6.28. The maximum Gasteiger partial charge on any atom is 0.250 e. The first-order valence-electron chi connectivity index (χ1n) is 5.02. The Morgan fingerprint density at radius 3 is 2.82 bits per heavy atom. The number of carbonyl (C=O) groups excluding carboxylic acids is 1. The number of nitrogens with one attached hydrogen (secondary N) is 1. The maximum atomic E-state index is 11.0. The highest BCUT2D eigenvalue weighted by Gasteiger charge is 2.06. The second kappa shape index (κ2) is 5.21. The molecule has 1 aromatic carbocycles. The molecule has 2 rings (SSSR count). The van der Waals surface area contributed by atoms with Gasteiger partial charge in [-0.15, -0.1) is 11.3 Å². The highest BCUT2D eigenvalue weighted by molar-refractivity contribution is 7.09. The van der Waals surface area contributed by atoms with Crippen molar-refractivity contribution in [3.05, 3.63) is 51.2 Å². The van der Waals surface area contributed by atoms with Crippen molar-refractivity contribution >= 4 is 34.5 Å². The number of hydrogen-bond acceptors (Lipinski definition) is 3. The van der Waals surface area contributed by atoms with Gasteiger partial charge in [0, 0.05) is 17.1 Å². The number of carbonyl (C=O) groups is 1. The molecular formula is C12H11ClN2OS. The lowest BCUT2D eigenvalue weighted by molar-refractivity contribution is 0.100. The zero-order valence-corrected chi connectivity index (χ0v) is 10.5. The van der Waals surface area contributed by atoms with Crippen molar-refractivity contribution in [2.45, 2.75) is 6.54 Å². The maximum absolute atomic E-state index is 11.0. The molecule has 0 unspecified atom stereocenters. The van der Waals surface area contributed by atoms with Crippen molar-refractivity contribution in [1.29, 1.82) is 0 Å². The minimum atomic E-state index is -0.514. The van der Waals surface area contributed by atoms with E-state index in [2.05, 4.69) is 11.4 Å². The molecule has 0 aliphatic rings. The van der Waals surface area contributed by atoms with Crippen LogP contribution in [-0.4, -0.2) is 5.91 Å². The molecule has 1 aromatic heterocycles. The average Bonchev–Trinajstić information content (AvgIpc) is 2.78. The van der Waals surface area contributed by atoms with E-state index in [9.17, 15) is 4.79 Å². The van der Waals surface area contributed by atoms with E-state index in [4.69, 9.17) is 17.3 Å². The summed E-state index contributed by atoms with van der Waals surface area (Å²) in [6.07, 6.45) is 0. The number of primary amides is 1. The Bertz CT molecular complexity index is 525. The largest absolute Gasteiger partial charge is 0.380 e. The molecule has 0 saturated heterocycles. The van der Waals surface area contributed by atoms with Crippen molar-refractivity contribution in [2.75, 3.05) is 5.32 Å². The number of benzene rings is 1. The summed E-state index contributed by atoms with van der Waals surface area (Å²) in [7, 11) is 0. The third-order valence-electron chi connectivity index (χ3n) is 2.28. The summed E-state index contributed by atoms with van der Waals surface area (Å²) in [6, 6.07) is 9.18. The number of hydrogen-bond donors (Lipinski definition) is 2. The van der Waals surface area contributed by atoms with E-state index in [1.807, 2.05) is 11.4 Å². The second-order valence-electron chi connectivity index (χ2n) is 3.49. The number of amides is 1. The summed E-state index contributed by atoms with van der Waals surface area (Å²) in [4.78, 5) is 12.2. The molecule has 3 N–H and O–H groups in total. The van der Waals surface area contributed by atoms with Crippen LogP contribution >= 0.6 is 22.9 Å². The molecule has 0 bridgehead atoms. The van der Waals surface area contributed by atoms with E-state index in [1.54, 1.807) is 29.5 Å². The van der Waals surface area contributed by atoms with Crippen LogP contribution in [0.15, 0.2) is 35.7 Å². The Morgan fingerprint density at radius 1 is 1.41 bits per heavy atom. The average molecular weight is 267 g/mol. The lowest BCUT2D eigenvalue weighted by Crippen LogP contribution is -2.11. The van der Waals surface area contributed by atoms with E-state index in [0.717, 1.165) is 12.2 Å². The third-order valence-corrected chi connectivity index (χ3v) is 3.47. The van der Waals surface area contributed by atoms with Gasteiger partial charge in [-0.05, 0) is 29.6 Å². The van der Waals surface area contributed by atoms with Crippen molar-refractivity contribution in [2.24, 2.45) is 5.73 Å². The van der Waals surface area contributed by atoms with Gasteiger partial charge in [0.25, 0.3) is 0 Å². The van der Waals surface area contributed by atoms with Crippen molar-refractivity contribution in [3.63, 3.8) is 0 Å². The summed E-state index contributed by atoms with van der Waals surface area (Å²) < 4.78 is 0. The summed E-state index contributed by atoms with van der Waals surface area (Å²) in [6.45, 7) is 0.740. The normalized spacial score (nSPS) is 10.2. The van der Waals surface area contributed by atoms with E-state index in [-0.39, 0.29) is 0 Å². The second-order valence-corrected chi connectivity index (χ2v) is 4.93. The molecule has 2 aromatic rings. The van der Waals surface area contributed by atoms with Crippen LogP contribution in [0.1, 0.15) is 15.2 Å². The first kappa shape index (κ1) is 12.0. The molecule has 1 amide bonds. The third kappa shape index (κ3) is 2.99. The van der Waals surface area contributed by atoms with Crippen molar-refractivity contribution in [3.8, 4) is 0 Å². The predicted octanol–water partition coefficient (Wildman–Crippen LogP) is 3.11. The van der Waals surface area contributed by atoms with Gasteiger partial charge in [-0.3, -0.25) is 4.79 Å². The van der Waals surface area contributed by atoms with E-state index in [1.165, 1.54) is 4.88 Å². The Hall–Kier alpha value is -1.52. The van der Waals surface area contributed by atoms with Crippen LogP contribution in [0.5, 0.6) is 0 Å². The van der Waals surface area contributed by atoms with Crippen LogP contribution in [0, 0.1) is 0 Å². The van der Waals surface area contributed by atoms with Gasteiger partial charge >= 0.3 is 0 Å². The number of anilines is 1. The lowest BCUT2D eigenvalue weighted by atomic mass is 10.2. The van der Waals surface area contributed by atoms with Crippen molar-refractivity contribution < 1.29 is 4.79 Å². The fourth-order valence-electron chi connectivity index (χ4n) is 1.43. The summed E-state index contributed by atoms with van der Waals surface area (Å²) in [5, 5.41) is 5.62. The minimum Gasteiger partial charge on any atom is -0.380 e. The van der Waals surface area contributed by atoms with Crippen LogP contribution < -0.4 is 11.1 Å². The summed E-state index contributed by atoms with van der Waals surface area (Å²) in [5.41, 5.74) is 6.38. The lowest BCUT2D eigenvalue weighted by Gasteiger charge is -2.07. The van der Waals surface area contributed by atoms with Gasteiger partial charge in [0.1, 0.15) is 0 Å². The quantitative estimate of drug-likeness (QED) is 0.893. The molecule has 0 saturated carbocycles. The molecule has 0 spiro atoms. The van der Waals surface area contributed by atoms with Gasteiger partial charge in [0.15, 0.2) is 0 Å². The number of rotatable bonds is 4. The molecule has 5 heteroatoms. The van der Waals surface area contributed by atoms with Crippen LogP contribution in [0.25, 0.3) is 0 Å². The molecule has 17 heavy (non-hydrogen) atoms. The Morgan fingerprint density at radius 2 is 2.24 bits per heavy atom. The Labute approximate surface area is 108 Å². The minimum absolute atomic E-state index is 0.341. The first-order chi connectivity index (χ1) is 8.16. The van der Waals surface area contributed by atoms with Gasteiger partial charge in [-0.1, -0.05) is 17.7 Å². The summed E-state index contributed by atoms with van der Waals surface area (Å²) in [5.74, 6) is -0.514. The number of thiophene rings is 1. The van der Waals surface area contributed by atoms with Crippen LogP contribution in [0.2, 0.25) is 5.02 Å². The molecule has 0 atom stereocenters. The van der Waals surface area contributed by atoms with E-state index < -0.39 is 5.91 Å². The highest BCUT2D eigenvalue weighted by Crippen LogP contribution is 2.21. The zero-order chi connectivity index (χ0) is 12.3. The molecule has 0 aliphatic carbocycles. The summed E-state index contributed by atoms with van der Waals surface area (Å²) >= 11 is 7.63. The van der Waals surface area contributed by atoms with Gasteiger partial charge in [-0.25, -0.2) is 0 Å². The van der Waals surface area contributed by atoms with Crippen LogP contribution in [0.4, 0.5) is 5.69 Å². The molecule has 88 valence electrons. The molecule has 0 aliphatic heterocycles. The van der Waals surface area contributed by atoms with E-state index in [0.29, 0.717) is 10.6 Å². The predicted molar refractivity (Wildman–Crippen MR) is 71.6 cm³/mol. The van der Waals surface area contributed by atoms with Gasteiger partial charge in [-0.2, -0.15) is 0 Å². The Balaban J connectivity index is 2.07. The molecule has 1 heterocycles. The topological polar surface area (TPSA) is 55.1 Å². The fourth-order valence-corrected chi connectivity index (χ4v) is 2.35.